The maximum atomic E-state index is 14.6. The van der Waals surface area contributed by atoms with Crippen LogP contribution in [-0.2, 0) is 17.8 Å². The molecule has 1 fully saturated rings. The Morgan fingerprint density at radius 3 is 2.32 bits per heavy atom. The minimum Gasteiger partial charge on any atom is -0.493 e. The molecule has 0 unspecified atom stereocenters. The van der Waals surface area contributed by atoms with Crippen molar-refractivity contribution in [3.8, 4) is 28.5 Å². The van der Waals surface area contributed by atoms with Crippen molar-refractivity contribution in [3.63, 3.8) is 0 Å². The Labute approximate surface area is 236 Å². The molecule has 0 radical (unpaired) electrons. The summed E-state index contributed by atoms with van der Waals surface area (Å²) in [6, 6.07) is 2.27. The number of anilines is 1. The van der Waals surface area contributed by atoms with Crippen LogP contribution in [0.25, 0.3) is 22.8 Å². The molecule has 5 rings (SSSR count). The lowest BCUT2D eigenvalue weighted by molar-refractivity contribution is 0.151. The standard InChI is InChI=1S/C28H33F2N7O4/c1-17(2)11-23-33-26(35-40-23)19-14-31-28(32-15-19)37-8-6-18(7-9-37)5-4-10-39-20-12-21(29)25(22(30)13-20)27-34-24(16-38-3)41-36-27/h12-15,17-18H,4-11,16H2,1-3H3. The van der Waals surface area contributed by atoms with Crippen molar-refractivity contribution in [2.24, 2.45) is 11.8 Å². The number of halogens is 2. The highest BCUT2D eigenvalue weighted by atomic mass is 19.1. The van der Waals surface area contributed by atoms with E-state index >= 15 is 0 Å². The highest BCUT2D eigenvalue weighted by Crippen LogP contribution is 2.29. The van der Waals surface area contributed by atoms with Crippen LogP contribution < -0.4 is 9.64 Å². The molecule has 0 saturated carbocycles. The molecule has 13 heteroatoms. The van der Waals surface area contributed by atoms with Crippen LogP contribution in [0.2, 0.25) is 0 Å². The van der Waals surface area contributed by atoms with Gasteiger partial charge in [-0.05, 0) is 37.5 Å². The third-order valence-corrected chi connectivity index (χ3v) is 6.85. The summed E-state index contributed by atoms with van der Waals surface area (Å²) >= 11 is 0. The smallest absolute Gasteiger partial charge is 0.252 e. The first-order valence-corrected chi connectivity index (χ1v) is 13.7. The third-order valence-electron chi connectivity index (χ3n) is 6.85. The van der Waals surface area contributed by atoms with E-state index in [1.54, 1.807) is 12.4 Å². The Bertz CT molecular complexity index is 1400. The molecule has 3 aromatic heterocycles. The molecule has 1 saturated heterocycles. The zero-order chi connectivity index (χ0) is 28.8. The van der Waals surface area contributed by atoms with Crippen molar-refractivity contribution in [2.45, 2.75) is 52.6 Å². The van der Waals surface area contributed by atoms with Gasteiger partial charge in [-0.2, -0.15) is 9.97 Å². The fourth-order valence-corrected chi connectivity index (χ4v) is 4.77. The van der Waals surface area contributed by atoms with E-state index in [-0.39, 0.29) is 29.6 Å². The summed E-state index contributed by atoms with van der Waals surface area (Å²) < 4.78 is 50.0. The average Bonchev–Trinajstić information content (AvgIpc) is 3.61. The Morgan fingerprint density at radius 2 is 1.63 bits per heavy atom. The first-order chi connectivity index (χ1) is 19.9. The molecule has 0 amide bonds. The van der Waals surface area contributed by atoms with Crippen molar-refractivity contribution in [3.05, 3.63) is 47.9 Å². The van der Waals surface area contributed by atoms with Crippen molar-refractivity contribution >= 4 is 5.95 Å². The van der Waals surface area contributed by atoms with Gasteiger partial charge in [0.25, 0.3) is 5.89 Å². The summed E-state index contributed by atoms with van der Waals surface area (Å²) in [7, 11) is 1.46. The van der Waals surface area contributed by atoms with Gasteiger partial charge in [0.05, 0.1) is 17.7 Å². The first-order valence-electron chi connectivity index (χ1n) is 13.7. The zero-order valence-electron chi connectivity index (χ0n) is 23.3. The molecule has 1 aliphatic heterocycles. The topological polar surface area (TPSA) is 125 Å². The lowest BCUT2D eigenvalue weighted by atomic mass is 9.92. The van der Waals surface area contributed by atoms with Gasteiger partial charge in [0, 0.05) is 51.1 Å². The maximum Gasteiger partial charge on any atom is 0.252 e. The number of methoxy groups -OCH3 is 1. The van der Waals surface area contributed by atoms with Gasteiger partial charge < -0.3 is 23.4 Å². The van der Waals surface area contributed by atoms with Gasteiger partial charge in [0.2, 0.25) is 23.5 Å². The summed E-state index contributed by atoms with van der Waals surface area (Å²) in [5, 5.41) is 7.66. The molecule has 0 spiro atoms. The van der Waals surface area contributed by atoms with Gasteiger partial charge in [0.15, 0.2) is 0 Å². The minimum absolute atomic E-state index is 0.0549. The Hall–Kier alpha value is -4.00. The van der Waals surface area contributed by atoms with E-state index in [1.807, 2.05) is 0 Å². The van der Waals surface area contributed by atoms with E-state index in [2.05, 4.69) is 49.0 Å². The van der Waals surface area contributed by atoms with Crippen LogP contribution in [0.3, 0.4) is 0 Å². The molecule has 41 heavy (non-hydrogen) atoms. The number of aromatic nitrogens is 6. The number of ether oxygens (including phenoxy) is 2. The SMILES string of the molecule is COCc1nc(-c2c(F)cc(OCCCC3CCN(c4ncc(-c5noc(CC(C)C)n5)cn4)CC3)cc2F)no1. The third kappa shape index (κ3) is 7.20. The maximum absolute atomic E-state index is 14.6. The van der Waals surface area contributed by atoms with Crippen LogP contribution in [0.5, 0.6) is 5.75 Å². The normalized spacial score (nSPS) is 14.2. The number of rotatable bonds is 12. The molecule has 11 nitrogen and oxygen atoms in total. The van der Waals surface area contributed by atoms with E-state index in [9.17, 15) is 8.78 Å². The number of hydrogen-bond donors (Lipinski definition) is 0. The van der Waals surface area contributed by atoms with E-state index < -0.39 is 11.6 Å². The number of nitrogens with zero attached hydrogens (tertiary/aromatic N) is 7. The summed E-state index contributed by atoms with van der Waals surface area (Å²) in [4.78, 5) is 19.6. The van der Waals surface area contributed by atoms with Gasteiger partial charge in [-0.25, -0.2) is 18.7 Å². The fraction of sp³-hybridized carbons (Fsp3) is 0.500. The summed E-state index contributed by atoms with van der Waals surface area (Å²) in [5.41, 5.74) is 0.363. The first kappa shape index (κ1) is 28.5. The quantitative estimate of drug-likeness (QED) is 0.207. The highest BCUT2D eigenvalue weighted by Gasteiger charge is 2.22. The number of hydrogen-bond acceptors (Lipinski definition) is 11. The van der Waals surface area contributed by atoms with Crippen molar-refractivity contribution in [1.29, 1.82) is 0 Å². The predicted octanol–water partition coefficient (Wildman–Crippen LogP) is 5.28. The van der Waals surface area contributed by atoms with Crippen molar-refractivity contribution in [1.82, 2.24) is 30.2 Å². The summed E-state index contributed by atoms with van der Waals surface area (Å²) in [6.45, 7) is 6.32. The monoisotopic (exact) mass is 569 g/mol. The van der Waals surface area contributed by atoms with E-state index in [4.69, 9.17) is 18.5 Å². The number of benzene rings is 1. The van der Waals surface area contributed by atoms with E-state index in [1.165, 1.54) is 7.11 Å². The summed E-state index contributed by atoms with van der Waals surface area (Å²) in [5.74, 6) is 1.21. The van der Waals surface area contributed by atoms with Gasteiger partial charge in [-0.15, -0.1) is 0 Å². The predicted molar refractivity (Wildman–Crippen MR) is 144 cm³/mol. The van der Waals surface area contributed by atoms with Gasteiger partial charge in [0.1, 0.15) is 24.0 Å². The van der Waals surface area contributed by atoms with Gasteiger partial charge in [-0.3, -0.25) is 0 Å². The minimum atomic E-state index is -0.819. The molecule has 0 atom stereocenters. The van der Waals surface area contributed by atoms with Crippen LogP contribution >= 0.6 is 0 Å². The second-order valence-corrected chi connectivity index (χ2v) is 10.5. The Balaban J connectivity index is 1.05. The van der Waals surface area contributed by atoms with Crippen LogP contribution in [0.4, 0.5) is 14.7 Å². The second-order valence-electron chi connectivity index (χ2n) is 10.5. The van der Waals surface area contributed by atoms with Crippen LogP contribution in [-0.4, -0.2) is 57.1 Å². The molecular weight excluding hydrogens is 536 g/mol. The molecule has 1 aromatic carbocycles. The summed E-state index contributed by atoms with van der Waals surface area (Å²) in [6.07, 6.45) is 7.93. The Kier molecular flexibility index (Phi) is 9.12. The van der Waals surface area contributed by atoms with Crippen LogP contribution in [0, 0.1) is 23.5 Å². The molecular formula is C28H33F2N7O4. The highest BCUT2D eigenvalue weighted by molar-refractivity contribution is 5.58. The second kappa shape index (κ2) is 13.1. The average molecular weight is 570 g/mol. The van der Waals surface area contributed by atoms with Gasteiger partial charge >= 0.3 is 0 Å². The molecule has 0 aliphatic carbocycles. The van der Waals surface area contributed by atoms with Crippen molar-refractivity contribution in [2.75, 3.05) is 31.7 Å². The molecule has 0 N–H and O–H groups in total. The largest absolute Gasteiger partial charge is 0.493 e. The van der Waals surface area contributed by atoms with Crippen LogP contribution in [0.1, 0.15) is 51.3 Å². The van der Waals surface area contributed by atoms with E-state index in [0.29, 0.717) is 36.1 Å². The van der Waals surface area contributed by atoms with Gasteiger partial charge in [-0.1, -0.05) is 24.2 Å². The van der Waals surface area contributed by atoms with Crippen LogP contribution in [0.15, 0.2) is 33.6 Å². The molecule has 218 valence electrons. The molecule has 4 aromatic rings. The molecule has 4 heterocycles. The zero-order valence-corrected chi connectivity index (χ0v) is 23.3. The number of piperidine rings is 1. The fourth-order valence-electron chi connectivity index (χ4n) is 4.77. The Morgan fingerprint density at radius 1 is 0.976 bits per heavy atom. The van der Waals surface area contributed by atoms with Crippen molar-refractivity contribution < 1.29 is 27.3 Å². The molecule has 0 bridgehead atoms. The molecule has 1 aliphatic rings. The lowest BCUT2D eigenvalue weighted by Crippen LogP contribution is -2.34. The van der Waals surface area contributed by atoms with E-state index in [0.717, 1.165) is 62.9 Å². The lowest BCUT2D eigenvalue weighted by Gasteiger charge is -2.32.